The fourth-order valence-corrected chi connectivity index (χ4v) is 2.14. The summed E-state index contributed by atoms with van der Waals surface area (Å²) < 4.78 is 0. The lowest BCUT2D eigenvalue weighted by atomic mass is 10.0. The van der Waals surface area contributed by atoms with E-state index in [1.54, 1.807) is 0 Å². The molecule has 7 nitrogen and oxygen atoms in total. The van der Waals surface area contributed by atoms with E-state index in [1.165, 1.54) is 6.92 Å². The Hall–Kier alpha value is -2.12. The Balaban J connectivity index is 2.64. The number of carbonyl (C=O) groups excluding carboxylic acids is 1. The van der Waals surface area contributed by atoms with E-state index in [4.69, 9.17) is 10.2 Å². The van der Waals surface area contributed by atoms with Crippen LogP contribution in [0.3, 0.4) is 0 Å². The monoisotopic (exact) mass is 324 g/mol. The minimum atomic E-state index is -0.928. The maximum Gasteiger partial charge on any atom is 0.315 e. The molecule has 0 aliphatic heterocycles. The number of amides is 2. The van der Waals surface area contributed by atoms with Crippen molar-refractivity contribution in [2.45, 2.75) is 44.4 Å². The van der Waals surface area contributed by atoms with Gasteiger partial charge in [0.25, 0.3) is 0 Å². The van der Waals surface area contributed by atoms with Crippen LogP contribution < -0.4 is 10.6 Å². The van der Waals surface area contributed by atoms with Crippen molar-refractivity contribution in [1.29, 1.82) is 0 Å². The number of aliphatic hydroxyl groups is 2. The molecule has 0 heterocycles. The van der Waals surface area contributed by atoms with Gasteiger partial charge in [0, 0.05) is 12.5 Å². The van der Waals surface area contributed by atoms with Crippen LogP contribution in [0.15, 0.2) is 30.3 Å². The maximum absolute atomic E-state index is 12.0. The summed E-state index contributed by atoms with van der Waals surface area (Å²) in [5, 5.41) is 32.5. The zero-order valence-corrected chi connectivity index (χ0v) is 13.1. The first-order chi connectivity index (χ1) is 10.9. The van der Waals surface area contributed by atoms with Gasteiger partial charge in [-0.05, 0) is 25.3 Å². The molecule has 0 aromatic heterocycles. The van der Waals surface area contributed by atoms with E-state index >= 15 is 0 Å². The van der Waals surface area contributed by atoms with Crippen molar-refractivity contribution in [3.8, 4) is 0 Å². The molecule has 128 valence electrons. The van der Waals surface area contributed by atoms with Crippen molar-refractivity contribution < 1.29 is 24.9 Å². The third-order valence-corrected chi connectivity index (χ3v) is 3.46. The highest BCUT2D eigenvalue weighted by molar-refractivity contribution is 5.75. The fourth-order valence-electron chi connectivity index (χ4n) is 2.14. The summed E-state index contributed by atoms with van der Waals surface area (Å²) in [6.45, 7) is 1.08. The quantitative estimate of drug-likeness (QED) is 0.453. The maximum atomic E-state index is 12.0. The highest BCUT2D eigenvalue weighted by atomic mass is 16.4. The molecule has 1 rings (SSSR count). The molecule has 5 N–H and O–H groups in total. The Labute approximate surface area is 135 Å². The van der Waals surface area contributed by atoms with Crippen LogP contribution in [0.25, 0.3) is 0 Å². The number of benzene rings is 1. The molecule has 3 atom stereocenters. The largest absolute Gasteiger partial charge is 0.481 e. The highest BCUT2D eigenvalue weighted by Crippen LogP contribution is 2.08. The molecule has 1 aromatic carbocycles. The highest BCUT2D eigenvalue weighted by Gasteiger charge is 2.19. The normalized spacial score (nSPS) is 14.6. The second-order valence-electron chi connectivity index (χ2n) is 5.47. The molecule has 1 aromatic rings. The fraction of sp³-hybridized carbons (Fsp3) is 0.500. The molecule has 0 fully saturated rings. The van der Waals surface area contributed by atoms with E-state index < -0.39 is 24.1 Å². The SMILES string of the molecule is C[C@@H](O)[C@@H](CO)NC(=O)NC(CCC(=O)O)Cc1ccccc1. The Morgan fingerprint density at radius 2 is 1.83 bits per heavy atom. The van der Waals surface area contributed by atoms with Crippen LogP contribution in [-0.2, 0) is 11.2 Å². The molecule has 0 radical (unpaired) electrons. The lowest BCUT2D eigenvalue weighted by Gasteiger charge is -2.23. The standard InChI is InChI=1S/C16H24N2O5/c1-11(20)14(10-19)18-16(23)17-13(7-8-15(21)22)9-12-5-3-2-4-6-12/h2-6,11,13-14,19-20H,7-10H2,1H3,(H,21,22)(H2,17,18,23)/t11-,13?,14-/m1/s1. The summed E-state index contributed by atoms with van der Waals surface area (Å²) >= 11 is 0. The van der Waals surface area contributed by atoms with Gasteiger partial charge in [0.05, 0.1) is 18.8 Å². The second-order valence-corrected chi connectivity index (χ2v) is 5.47. The molecule has 0 saturated carbocycles. The van der Waals surface area contributed by atoms with Gasteiger partial charge in [-0.3, -0.25) is 4.79 Å². The van der Waals surface area contributed by atoms with E-state index in [1.807, 2.05) is 30.3 Å². The van der Waals surface area contributed by atoms with Gasteiger partial charge >= 0.3 is 12.0 Å². The lowest BCUT2D eigenvalue weighted by molar-refractivity contribution is -0.137. The van der Waals surface area contributed by atoms with Gasteiger partial charge in [0.2, 0.25) is 0 Å². The number of carboxylic acids is 1. The number of urea groups is 1. The van der Waals surface area contributed by atoms with E-state index in [2.05, 4.69) is 10.6 Å². The molecule has 0 aliphatic carbocycles. The first kappa shape index (κ1) is 18.9. The number of nitrogens with one attached hydrogen (secondary N) is 2. The van der Waals surface area contributed by atoms with Crippen LogP contribution in [0, 0.1) is 0 Å². The first-order valence-electron chi connectivity index (χ1n) is 7.54. The van der Waals surface area contributed by atoms with Crippen LogP contribution in [0.1, 0.15) is 25.3 Å². The van der Waals surface area contributed by atoms with Gasteiger partial charge in [-0.15, -0.1) is 0 Å². The number of carbonyl (C=O) groups is 2. The van der Waals surface area contributed by atoms with Crippen molar-refractivity contribution in [3.63, 3.8) is 0 Å². The predicted molar refractivity (Wildman–Crippen MR) is 85.0 cm³/mol. The Morgan fingerprint density at radius 3 is 2.35 bits per heavy atom. The summed E-state index contributed by atoms with van der Waals surface area (Å²) in [6, 6.07) is 7.76. The zero-order chi connectivity index (χ0) is 17.2. The summed E-state index contributed by atoms with van der Waals surface area (Å²) in [7, 11) is 0. The third kappa shape index (κ3) is 7.62. The van der Waals surface area contributed by atoms with E-state index in [9.17, 15) is 14.7 Å². The second kappa shape index (κ2) is 9.81. The Morgan fingerprint density at radius 1 is 1.17 bits per heavy atom. The average molecular weight is 324 g/mol. The molecule has 7 heteroatoms. The third-order valence-electron chi connectivity index (χ3n) is 3.46. The van der Waals surface area contributed by atoms with Crippen molar-refractivity contribution in [2.24, 2.45) is 0 Å². The van der Waals surface area contributed by atoms with Crippen LogP contribution in [-0.4, -0.2) is 52.1 Å². The molecule has 0 spiro atoms. The molecule has 2 amide bonds. The Bertz CT molecular complexity index is 493. The molecule has 0 aliphatic rings. The van der Waals surface area contributed by atoms with Gasteiger partial charge in [0.15, 0.2) is 0 Å². The smallest absolute Gasteiger partial charge is 0.315 e. The van der Waals surface area contributed by atoms with Crippen LogP contribution in [0.2, 0.25) is 0 Å². The average Bonchev–Trinajstić information content (AvgIpc) is 2.51. The molecule has 23 heavy (non-hydrogen) atoms. The van der Waals surface area contributed by atoms with Gasteiger partial charge < -0.3 is 26.0 Å². The van der Waals surface area contributed by atoms with Crippen molar-refractivity contribution >= 4 is 12.0 Å². The number of hydrogen-bond acceptors (Lipinski definition) is 4. The van der Waals surface area contributed by atoms with Crippen molar-refractivity contribution in [3.05, 3.63) is 35.9 Å². The summed E-state index contributed by atoms with van der Waals surface area (Å²) in [5.74, 6) is -0.928. The van der Waals surface area contributed by atoms with Crippen LogP contribution in [0.4, 0.5) is 4.79 Å². The predicted octanol–water partition coefficient (Wildman–Crippen LogP) is 0.503. The van der Waals surface area contributed by atoms with E-state index in [-0.39, 0.29) is 25.5 Å². The van der Waals surface area contributed by atoms with Gasteiger partial charge in [-0.2, -0.15) is 0 Å². The number of aliphatic carboxylic acids is 1. The summed E-state index contributed by atoms with van der Waals surface area (Å²) in [4.78, 5) is 22.7. The van der Waals surface area contributed by atoms with Crippen molar-refractivity contribution in [2.75, 3.05) is 6.61 Å². The molecular formula is C16H24N2O5. The summed E-state index contributed by atoms with van der Waals surface area (Å²) in [6.07, 6.45) is -0.161. The molecule has 0 saturated heterocycles. The minimum Gasteiger partial charge on any atom is -0.481 e. The number of aliphatic hydroxyl groups excluding tert-OH is 2. The summed E-state index contributed by atoms with van der Waals surface area (Å²) in [5.41, 5.74) is 0.984. The zero-order valence-electron chi connectivity index (χ0n) is 13.1. The number of rotatable bonds is 9. The number of hydrogen-bond donors (Lipinski definition) is 5. The molecule has 1 unspecified atom stereocenters. The van der Waals surface area contributed by atoms with Crippen LogP contribution >= 0.6 is 0 Å². The van der Waals surface area contributed by atoms with E-state index in [0.29, 0.717) is 6.42 Å². The number of carboxylic acid groups (broad SMARTS) is 1. The van der Waals surface area contributed by atoms with Gasteiger partial charge in [0.1, 0.15) is 0 Å². The molecular weight excluding hydrogens is 300 g/mol. The Kier molecular flexibility index (Phi) is 8.07. The lowest BCUT2D eigenvalue weighted by Crippen LogP contribution is -2.51. The van der Waals surface area contributed by atoms with E-state index in [0.717, 1.165) is 5.56 Å². The topological polar surface area (TPSA) is 119 Å². The van der Waals surface area contributed by atoms with Crippen LogP contribution in [0.5, 0.6) is 0 Å². The van der Waals surface area contributed by atoms with Crippen molar-refractivity contribution in [1.82, 2.24) is 10.6 Å². The first-order valence-corrected chi connectivity index (χ1v) is 7.54. The minimum absolute atomic E-state index is 0.0579. The van der Waals surface area contributed by atoms with Gasteiger partial charge in [-0.1, -0.05) is 30.3 Å². The molecule has 0 bridgehead atoms. The van der Waals surface area contributed by atoms with Gasteiger partial charge in [-0.25, -0.2) is 4.79 Å².